The minimum atomic E-state index is -0.259. The third kappa shape index (κ3) is 2.75. The van der Waals surface area contributed by atoms with Crippen LogP contribution in [0.5, 0.6) is 0 Å². The monoisotopic (exact) mass is 234 g/mol. The minimum Gasteiger partial charge on any atom is -0.364 e. The molecule has 0 aliphatic heterocycles. The summed E-state index contributed by atoms with van der Waals surface area (Å²) < 4.78 is 0. The second kappa shape index (κ2) is 4.73. The Labute approximate surface area is 100 Å². The maximum atomic E-state index is 11.9. The Morgan fingerprint density at radius 3 is 2.82 bits per heavy atom. The normalized spacial score (nSPS) is 23.6. The van der Waals surface area contributed by atoms with Crippen LogP contribution in [0.3, 0.4) is 0 Å². The van der Waals surface area contributed by atoms with Crippen molar-refractivity contribution in [1.82, 2.24) is 10.3 Å². The van der Waals surface area contributed by atoms with Crippen molar-refractivity contribution in [3.63, 3.8) is 0 Å². The van der Waals surface area contributed by atoms with E-state index < -0.39 is 0 Å². The lowest BCUT2D eigenvalue weighted by molar-refractivity contribution is 0.0936. The van der Waals surface area contributed by atoms with E-state index in [9.17, 15) is 9.59 Å². The molecule has 2 N–H and O–H groups in total. The van der Waals surface area contributed by atoms with Gasteiger partial charge in [-0.15, -0.1) is 0 Å². The first kappa shape index (κ1) is 11.9. The average molecular weight is 234 g/mol. The molecule has 2 unspecified atom stereocenters. The van der Waals surface area contributed by atoms with Crippen molar-refractivity contribution in [1.29, 1.82) is 0 Å². The number of pyridine rings is 1. The summed E-state index contributed by atoms with van der Waals surface area (Å²) in [5, 5.41) is 2.93. The van der Waals surface area contributed by atoms with Crippen LogP contribution < -0.4 is 10.7 Å². The zero-order valence-corrected chi connectivity index (χ0v) is 10.2. The Hall–Kier alpha value is -1.58. The zero-order chi connectivity index (χ0) is 12.4. The molecule has 1 saturated carbocycles. The average Bonchev–Trinajstić information content (AvgIpc) is 2.63. The first-order valence-corrected chi connectivity index (χ1v) is 6.06. The Bertz CT molecular complexity index is 479. The van der Waals surface area contributed by atoms with Crippen LogP contribution in [0, 0.1) is 12.8 Å². The van der Waals surface area contributed by atoms with Crippen LogP contribution >= 0.6 is 0 Å². The lowest BCUT2D eigenvalue weighted by atomic mass is 10.1. The molecule has 1 aliphatic carbocycles. The van der Waals surface area contributed by atoms with Crippen molar-refractivity contribution in [3.8, 4) is 0 Å². The smallest absolute Gasteiger partial charge is 0.256 e. The number of aromatic amines is 1. The summed E-state index contributed by atoms with van der Waals surface area (Å²) in [5.74, 6) is 0.405. The third-order valence-corrected chi connectivity index (χ3v) is 3.33. The third-order valence-electron chi connectivity index (χ3n) is 3.33. The molecule has 92 valence electrons. The number of carbonyl (C=O) groups excluding carboxylic acids is 1. The summed E-state index contributed by atoms with van der Waals surface area (Å²) in [7, 11) is 0. The molecule has 1 fully saturated rings. The van der Waals surface area contributed by atoms with Crippen molar-refractivity contribution < 1.29 is 4.79 Å². The summed E-state index contributed by atoms with van der Waals surface area (Å²) in [6.45, 7) is 3.98. The van der Waals surface area contributed by atoms with E-state index in [4.69, 9.17) is 0 Å². The van der Waals surface area contributed by atoms with Crippen LogP contribution in [0.1, 0.15) is 42.2 Å². The van der Waals surface area contributed by atoms with E-state index in [0.717, 1.165) is 25.0 Å². The van der Waals surface area contributed by atoms with E-state index in [2.05, 4.69) is 17.2 Å². The van der Waals surface area contributed by atoms with E-state index in [1.165, 1.54) is 12.3 Å². The van der Waals surface area contributed by atoms with Crippen molar-refractivity contribution in [2.45, 2.75) is 39.2 Å². The van der Waals surface area contributed by atoms with Crippen LogP contribution in [-0.2, 0) is 0 Å². The van der Waals surface area contributed by atoms with Gasteiger partial charge in [0.1, 0.15) is 5.56 Å². The van der Waals surface area contributed by atoms with Gasteiger partial charge in [-0.25, -0.2) is 0 Å². The number of hydrogen-bond donors (Lipinski definition) is 2. The van der Waals surface area contributed by atoms with Gasteiger partial charge >= 0.3 is 0 Å². The number of aromatic nitrogens is 1. The molecule has 2 rings (SSSR count). The van der Waals surface area contributed by atoms with Crippen molar-refractivity contribution in [2.75, 3.05) is 0 Å². The largest absolute Gasteiger partial charge is 0.364 e. The molecule has 0 radical (unpaired) electrons. The standard InChI is InChI=1S/C13H18N2O2/c1-8-3-4-10(5-8)15-13(17)11-7-14-9(2)6-12(11)16/h6-8,10H,3-5H2,1-2H3,(H,14,16)(H,15,17). The molecule has 4 heteroatoms. The van der Waals surface area contributed by atoms with Gasteiger partial charge in [-0.05, 0) is 32.1 Å². The quantitative estimate of drug-likeness (QED) is 0.816. The number of aryl methyl sites for hydroxylation is 1. The Balaban J connectivity index is 2.07. The van der Waals surface area contributed by atoms with E-state index in [0.29, 0.717) is 5.92 Å². The molecule has 0 bridgehead atoms. The molecule has 1 heterocycles. The Morgan fingerprint density at radius 2 is 2.24 bits per heavy atom. The van der Waals surface area contributed by atoms with Crippen molar-refractivity contribution >= 4 is 5.91 Å². The topological polar surface area (TPSA) is 62.0 Å². The first-order valence-electron chi connectivity index (χ1n) is 6.06. The molecule has 4 nitrogen and oxygen atoms in total. The second-order valence-electron chi connectivity index (χ2n) is 4.98. The number of carbonyl (C=O) groups is 1. The molecule has 1 aromatic heterocycles. The highest BCUT2D eigenvalue weighted by Crippen LogP contribution is 2.24. The van der Waals surface area contributed by atoms with Crippen LogP contribution in [0.2, 0.25) is 0 Å². The predicted molar refractivity (Wildman–Crippen MR) is 66.1 cm³/mol. The highest BCUT2D eigenvalue weighted by Gasteiger charge is 2.23. The zero-order valence-electron chi connectivity index (χ0n) is 10.2. The van der Waals surface area contributed by atoms with Gasteiger partial charge in [0.2, 0.25) is 0 Å². The molecule has 1 amide bonds. The summed E-state index contributed by atoms with van der Waals surface area (Å²) in [6, 6.07) is 1.67. The van der Waals surface area contributed by atoms with Gasteiger partial charge in [-0.1, -0.05) is 6.92 Å². The lowest BCUT2D eigenvalue weighted by Gasteiger charge is -2.12. The van der Waals surface area contributed by atoms with E-state index in [-0.39, 0.29) is 22.9 Å². The van der Waals surface area contributed by atoms with Crippen molar-refractivity contribution in [3.05, 3.63) is 33.7 Å². The Kier molecular flexibility index (Phi) is 3.31. The number of nitrogens with one attached hydrogen (secondary N) is 2. The fourth-order valence-electron chi connectivity index (χ4n) is 2.35. The van der Waals surface area contributed by atoms with Gasteiger partial charge in [-0.3, -0.25) is 9.59 Å². The first-order chi connectivity index (χ1) is 8.06. The molecule has 17 heavy (non-hydrogen) atoms. The van der Waals surface area contributed by atoms with Gasteiger partial charge in [0.15, 0.2) is 5.43 Å². The van der Waals surface area contributed by atoms with E-state index in [1.807, 2.05) is 0 Å². The second-order valence-corrected chi connectivity index (χ2v) is 4.98. The molecule has 1 aliphatic rings. The molecule has 0 saturated heterocycles. The fourth-order valence-corrected chi connectivity index (χ4v) is 2.35. The molecular weight excluding hydrogens is 216 g/mol. The van der Waals surface area contributed by atoms with Crippen LogP contribution in [0.25, 0.3) is 0 Å². The maximum absolute atomic E-state index is 11.9. The van der Waals surface area contributed by atoms with E-state index >= 15 is 0 Å². The van der Waals surface area contributed by atoms with E-state index in [1.54, 1.807) is 6.92 Å². The number of H-pyrrole nitrogens is 1. The van der Waals surface area contributed by atoms with Crippen LogP contribution in [0.4, 0.5) is 0 Å². The predicted octanol–water partition coefficient (Wildman–Crippen LogP) is 1.60. The Morgan fingerprint density at radius 1 is 1.47 bits per heavy atom. The number of hydrogen-bond acceptors (Lipinski definition) is 2. The molecule has 1 aromatic rings. The fraction of sp³-hybridized carbons (Fsp3) is 0.538. The van der Waals surface area contributed by atoms with Crippen LogP contribution in [0.15, 0.2) is 17.1 Å². The maximum Gasteiger partial charge on any atom is 0.256 e. The summed E-state index contributed by atoms with van der Waals surface area (Å²) in [5.41, 5.74) is 0.751. The molecule has 0 aromatic carbocycles. The van der Waals surface area contributed by atoms with Gasteiger partial charge in [-0.2, -0.15) is 0 Å². The number of amides is 1. The van der Waals surface area contributed by atoms with Gasteiger partial charge in [0.05, 0.1) is 0 Å². The highest BCUT2D eigenvalue weighted by molar-refractivity contribution is 5.93. The van der Waals surface area contributed by atoms with Crippen molar-refractivity contribution in [2.24, 2.45) is 5.92 Å². The molecule has 0 spiro atoms. The molecule has 2 atom stereocenters. The van der Waals surface area contributed by atoms with Gasteiger partial charge in [0.25, 0.3) is 5.91 Å². The lowest BCUT2D eigenvalue weighted by Crippen LogP contribution is -2.35. The summed E-state index contributed by atoms with van der Waals surface area (Å²) in [4.78, 5) is 26.4. The number of rotatable bonds is 2. The SMILES string of the molecule is Cc1cc(=O)c(C(=O)NC2CCC(C)C2)c[nH]1. The van der Waals surface area contributed by atoms with Crippen LogP contribution in [-0.4, -0.2) is 16.9 Å². The van der Waals surface area contributed by atoms with Gasteiger partial charge < -0.3 is 10.3 Å². The van der Waals surface area contributed by atoms with Gasteiger partial charge in [0, 0.05) is 24.0 Å². The summed E-state index contributed by atoms with van der Waals surface area (Å²) in [6.07, 6.45) is 4.66. The summed E-state index contributed by atoms with van der Waals surface area (Å²) >= 11 is 0. The minimum absolute atomic E-state index is 0.204. The highest BCUT2D eigenvalue weighted by atomic mass is 16.2. The molecular formula is C13H18N2O2.